The second-order valence-corrected chi connectivity index (χ2v) is 5.72. The second kappa shape index (κ2) is 6.67. The topological polar surface area (TPSA) is 73.7 Å². The lowest BCUT2D eigenvalue weighted by Gasteiger charge is -2.35. The van der Waals surface area contributed by atoms with Gasteiger partial charge in [0, 0.05) is 44.5 Å². The van der Waals surface area contributed by atoms with E-state index in [4.69, 9.17) is 5.11 Å². The minimum atomic E-state index is -1.12. The van der Waals surface area contributed by atoms with Crippen molar-refractivity contribution >= 4 is 11.9 Å². The van der Waals surface area contributed by atoms with Gasteiger partial charge in [-0.3, -0.25) is 9.69 Å². The zero-order chi connectivity index (χ0) is 15.4. The molecule has 0 aromatic carbocycles. The summed E-state index contributed by atoms with van der Waals surface area (Å²) in [4.78, 5) is 31.2. The number of piperazine rings is 1. The Labute approximate surface area is 124 Å². The van der Waals surface area contributed by atoms with Crippen molar-refractivity contribution in [2.45, 2.75) is 13.8 Å². The number of aromatic nitrogens is 1. The number of pyridine rings is 1. The van der Waals surface area contributed by atoms with Crippen molar-refractivity contribution in [3.05, 3.63) is 29.6 Å². The molecule has 1 aromatic rings. The summed E-state index contributed by atoms with van der Waals surface area (Å²) in [6.45, 7) is 8.48. The lowest BCUT2D eigenvalue weighted by molar-refractivity contribution is 0.0623. The number of carbonyl (C=O) groups excluding carboxylic acids is 1. The van der Waals surface area contributed by atoms with Crippen LogP contribution in [0.15, 0.2) is 18.3 Å². The van der Waals surface area contributed by atoms with Gasteiger partial charge in [0.15, 0.2) is 0 Å². The van der Waals surface area contributed by atoms with Crippen molar-refractivity contribution in [2.75, 3.05) is 32.7 Å². The Kier molecular flexibility index (Phi) is 4.90. The van der Waals surface area contributed by atoms with Crippen molar-refractivity contribution in [1.29, 1.82) is 0 Å². The SMILES string of the molecule is CC(C)CN1CCN(C(=O)c2ccnc(C(=O)O)c2)CC1. The van der Waals surface area contributed by atoms with Gasteiger partial charge in [-0.15, -0.1) is 0 Å². The first-order chi connectivity index (χ1) is 9.97. The molecule has 0 saturated carbocycles. The van der Waals surface area contributed by atoms with Gasteiger partial charge in [0.1, 0.15) is 5.69 Å². The molecule has 1 saturated heterocycles. The number of carboxylic acids is 1. The maximum absolute atomic E-state index is 12.4. The molecule has 0 aliphatic carbocycles. The quantitative estimate of drug-likeness (QED) is 0.902. The highest BCUT2D eigenvalue weighted by molar-refractivity contribution is 5.96. The Morgan fingerprint density at radius 3 is 2.52 bits per heavy atom. The van der Waals surface area contributed by atoms with Crippen molar-refractivity contribution in [3.63, 3.8) is 0 Å². The molecule has 1 aromatic heterocycles. The number of carbonyl (C=O) groups is 2. The van der Waals surface area contributed by atoms with Crippen LogP contribution in [-0.4, -0.2) is 64.5 Å². The van der Waals surface area contributed by atoms with Crippen LogP contribution in [0.3, 0.4) is 0 Å². The van der Waals surface area contributed by atoms with E-state index in [1.165, 1.54) is 12.3 Å². The van der Waals surface area contributed by atoms with E-state index < -0.39 is 5.97 Å². The standard InChI is InChI=1S/C15H21N3O3/c1-11(2)10-17-5-7-18(8-6-17)14(19)12-3-4-16-13(9-12)15(20)21/h3-4,9,11H,5-8,10H2,1-2H3,(H,20,21). The molecule has 2 rings (SSSR count). The molecular weight excluding hydrogens is 270 g/mol. The van der Waals surface area contributed by atoms with Crippen LogP contribution in [0.5, 0.6) is 0 Å². The normalized spacial score (nSPS) is 16.2. The Hall–Kier alpha value is -1.95. The Balaban J connectivity index is 1.99. The summed E-state index contributed by atoms with van der Waals surface area (Å²) in [5.74, 6) is -0.624. The number of nitrogens with zero attached hydrogens (tertiary/aromatic N) is 3. The Morgan fingerprint density at radius 2 is 1.95 bits per heavy atom. The summed E-state index contributed by atoms with van der Waals surface area (Å²) in [7, 11) is 0. The number of hydrogen-bond acceptors (Lipinski definition) is 4. The Bertz CT molecular complexity index is 523. The molecule has 6 nitrogen and oxygen atoms in total. The smallest absolute Gasteiger partial charge is 0.354 e. The molecule has 0 radical (unpaired) electrons. The number of rotatable bonds is 4. The maximum atomic E-state index is 12.4. The number of carboxylic acid groups (broad SMARTS) is 1. The third kappa shape index (κ3) is 4.01. The van der Waals surface area contributed by atoms with Crippen LogP contribution in [0, 0.1) is 5.92 Å². The summed E-state index contributed by atoms with van der Waals surface area (Å²) in [5, 5.41) is 8.93. The molecular formula is C15H21N3O3. The van der Waals surface area contributed by atoms with Crippen LogP contribution in [-0.2, 0) is 0 Å². The van der Waals surface area contributed by atoms with E-state index in [2.05, 4.69) is 23.7 Å². The first kappa shape index (κ1) is 15.4. The van der Waals surface area contributed by atoms with Crippen molar-refractivity contribution in [2.24, 2.45) is 5.92 Å². The predicted octanol–water partition coefficient (Wildman–Crippen LogP) is 1.19. The monoisotopic (exact) mass is 291 g/mol. The summed E-state index contributed by atoms with van der Waals surface area (Å²) >= 11 is 0. The third-order valence-electron chi connectivity index (χ3n) is 3.51. The van der Waals surface area contributed by atoms with Crippen LogP contribution < -0.4 is 0 Å². The molecule has 21 heavy (non-hydrogen) atoms. The van der Waals surface area contributed by atoms with E-state index in [-0.39, 0.29) is 11.6 Å². The number of amides is 1. The molecule has 6 heteroatoms. The second-order valence-electron chi connectivity index (χ2n) is 5.72. The fraction of sp³-hybridized carbons (Fsp3) is 0.533. The van der Waals surface area contributed by atoms with Crippen LogP contribution in [0.2, 0.25) is 0 Å². The highest BCUT2D eigenvalue weighted by Crippen LogP contribution is 2.11. The highest BCUT2D eigenvalue weighted by atomic mass is 16.4. The molecule has 1 aliphatic rings. The average Bonchev–Trinajstić information content (AvgIpc) is 2.47. The van der Waals surface area contributed by atoms with Gasteiger partial charge < -0.3 is 10.0 Å². The average molecular weight is 291 g/mol. The van der Waals surface area contributed by atoms with Crippen molar-refractivity contribution < 1.29 is 14.7 Å². The molecule has 114 valence electrons. The largest absolute Gasteiger partial charge is 0.477 e. The predicted molar refractivity (Wildman–Crippen MR) is 78.4 cm³/mol. The fourth-order valence-electron chi connectivity index (χ4n) is 2.51. The van der Waals surface area contributed by atoms with Gasteiger partial charge >= 0.3 is 5.97 Å². The van der Waals surface area contributed by atoms with Gasteiger partial charge in [-0.05, 0) is 18.1 Å². The van der Waals surface area contributed by atoms with E-state index in [9.17, 15) is 9.59 Å². The molecule has 0 spiro atoms. The molecule has 2 heterocycles. The third-order valence-corrected chi connectivity index (χ3v) is 3.51. The number of aromatic carboxylic acids is 1. The lowest BCUT2D eigenvalue weighted by atomic mass is 10.1. The molecule has 0 bridgehead atoms. The Morgan fingerprint density at radius 1 is 1.29 bits per heavy atom. The van der Waals surface area contributed by atoms with Gasteiger partial charge in [-0.1, -0.05) is 13.8 Å². The van der Waals surface area contributed by atoms with Gasteiger partial charge in [0.2, 0.25) is 0 Å². The van der Waals surface area contributed by atoms with Gasteiger partial charge in [-0.25, -0.2) is 9.78 Å². The maximum Gasteiger partial charge on any atom is 0.354 e. The minimum absolute atomic E-state index is 0.0979. The van der Waals surface area contributed by atoms with Gasteiger partial charge in [-0.2, -0.15) is 0 Å². The first-order valence-electron chi connectivity index (χ1n) is 7.18. The molecule has 0 atom stereocenters. The first-order valence-corrected chi connectivity index (χ1v) is 7.18. The van der Waals surface area contributed by atoms with Crippen LogP contribution >= 0.6 is 0 Å². The minimum Gasteiger partial charge on any atom is -0.477 e. The van der Waals surface area contributed by atoms with Crippen LogP contribution in [0.1, 0.15) is 34.7 Å². The summed E-state index contributed by atoms with van der Waals surface area (Å²) in [6.07, 6.45) is 1.37. The van der Waals surface area contributed by atoms with Crippen LogP contribution in [0.25, 0.3) is 0 Å². The fourth-order valence-corrected chi connectivity index (χ4v) is 2.51. The van der Waals surface area contributed by atoms with Crippen molar-refractivity contribution in [3.8, 4) is 0 Å². The summed E-state index contributed by atoms with van der Waals surface area (Å²) in [6, 6.07) is 2.90. The summed E-state index contributed by atoms with van der Waals surface area (Å²) < 4.78 is 0. The molecule has 1 N–H and O–H groups in total. The lowest BCUT2D eigenvalue weighted by Crippen LogP contribution is -2.49. The van der Waals surface area contributed by atoms with Gasteiger partial charge in [0.25, 0.3) is 5.91 Å². The van der Waals surface area contributed by atoms with Crippen molar-refractivity contribution in [1.82, 2.24) is 14.8 Å². The molecule has 0 unspecified atom stereocenters. The summed E-state index contributed by atoms with van der Waals surface area (Å²) in [5.41, 5.74) is 0.291. The van der Waals surface area contributed by atoms with E-state index in [0.29, 0.717) is 24.6 Å². The highest BCUT2D eigenvalue weighted by Gasteiger charge is 2.23. The molecule has 1 fully saturated rings. The number of hydrogen-bond donors (Lipinski definition) is 1. The zero-order valence-corrected chi connectivity index (χ0v) is 12.5. The van der Waals surface area contributed by atoms with Gasteiger partial charge in [0.05, 0.1) is 0 Å². The zero-order valence-electron chi connectivity index (χ0n) is 12.5. The van der Waals surface area contributed by atoms with E-state index in [1.807, 2.05) is 0 Å². The van der Waals surface area contributed by atoms with E-state index >= 15 is 0 Å². The molecule has 1 aliphatic heterocycles. The van der Waals surface area contributed by atoms with Crippen LogP contribution in [0.4, 0.5) is 0 Å². The van der Waals surface area contributed by atoms with E-state index in [0.717, 1.165) is 19.6 Å². The van der Waals surface area contributed by atoms with E-state index in [1.54, 1.807) is 11.0 Å². The molecule has 1 amide bonds.